The molecule has 2 rings (SSSR count). The van der Waals surface area contributed by atoms with Gasteiger partial charge in [0.25, 0.3) is 5.69 Å². The van der Waals surface area contributed by atoms with Gasteiger partial charge in [-0.05, 0) is 12.1 Å². The van der Waals surface area contributed by atoms with E-state index in [1.165, 1.54) is 24.3 Å². The number of nitro groups is 1. The van der Waals surface area contributed by atoms with Crippen LogP contribution in [-0.4, -0.2) is 41.4 Å². The fraction of sp³-hybridized carbons (Fsp3) is 0.417. The van der Waals surface area contributed by atoms with Crippen LogP contribution in [0.3, 0.4) is 0 Å². The molecule has 1 heterocycles. The van der Waals surface area contributed by atoms with Gasteiger partial charge in [-0.15, -0.1) is 0 Å². The fourth-order valence-corrected chi connectivity index (χ4v) is 1.77. The Labute approximate surface area is 108 Å². The highest BCUT2D eigenvalue weighted by Crippen LogP contribution is 2.15. The summed E-state index contributed by atoms with van der Waals surface area (Å²) in [5.41, 5.74) is 0.156. The van der Waals surface area contributed by atoms with Gasteiger partial charge in [-0.1, -0.05) is 0 Å². The van der Waals surface area contributed by atoms with Gasteiger partial charge < -0.3 is 14.6 Å². The lowest BCUT2D eigenvalue weighted by Gasteiger charge is -2.09. The van der Waals surface area contributed by atoms with E-state index in [4.69, 9.17) is 9.47 Å². The Morgan fingerprint density at radius 1 is 1.47 bits per heavy atom. The maximum absolute atomic E-state index is 11.7. The summed E-state index contributed by atoms with van der Waals surface area (Å²) in [6, 6.07) is 5.16. The van der Waals surface area contributed by atoms with Crippen LogP contribution in [0.4, 0.5) is 5.69 Å². The molecule has 0 radical (unpaired) electrons. The van der Waals surface area contributed by atoms with Crippen molar-refractivity contribution in [2.45, 2.75) is 18.6 Å². The third-order valence-electron chi connectivity index (χ3n) is 2.77. The lowest BCUT2D eigenvalue weighted by Crippen LogP contribution is -2.18. The second-order valence-corrected chi connectivity index (χ2v) is 4.25. The fourth-order valence-electron chi connectivity index (χ4n) is 1.77. The van der Waals surface area contributed by atoms with E-state index in [1.807, 2.05) is 0 Å². The number of aliphatic hydroxyl groups excluding tert-OH is 1. The van der Waals surface area contributed by atoms with Gasteiger partial charge >= 0.3 is 5.97 Å². The van der Waals surface area contributed by atoms with Gasteiger partial charge in [0.15, 0.2) is 0 Å². The van der Waals surface area contributed by atoms with Crippen molar-refractivity contribution in [3.8, 4) is 0 Å². The van der Waals surface area contributed by atoms with Gasteiger partial charge in [-0.2, -0.15) is 0 Å². The third kappa shape index (κ3) is 3.49. The molecule has 0 bridgehead atoms. The molecular formula is C12H13NO6. The molecule has 0 aliphatic carbocycles. The zero-order valence-corrected chi connectivity index (χ0v) is 10.0. The van der Waals surface area contributed by atoms with Crippen LogP contribution in [0.15, 0.2) is 24.3 Å². The summed E-state index contributed by atoms with van der Waals surface area (Å²) in [5.74, 6) is -0.570. The lowest BCUT2D eigenvalue weighted by molar-refractivity contribution is -0.384. The second kappa shape index (κ2) is 5.77. The van der Waals surface area contributed by atoms with Gasteiger partial charge in [0.2, 0.25) is 0 Å². The maximum Gasteiger partial charge on any atom is 0.338 e. The molecule has 1 aromatic carbocycles. The summed E-state index contributed by atoms with van der Waals surface area (Å²) in [5, 5.41) is 19.7. The topological polar surface area (TPSA) is 98.9 Å². The van der Waals surface area contributed by atoms with Crippen LogP contribution in [-0.2, 0) is 9.47 Å². The number of non-ortho nitro benzene ring substituents is 1. The quantitative estimate of drug-likeness (QED) is 0.494. The van der Waals surface area contributed by atoms with Crippen molar-refractivity contribution in [3.63, 3.8) is 0 Å². The Kier molecular flexibility index (Phi) is 4.08. The van der Waals surface area contributed by atoms with E-state index in [-0.39, 0.29) is 30.6 Å². The molecule has 1 fully saturated rings. The zero-order valence-electron chi connectivity index (χ0n) is 10.0. The average Bonchev–Trinajstić information content (AvgIpc) is 2.82. The number of ether oxygens (including phenoxy) is 2. The first kappa shape index (κ1) is 13.4. The molecule has 2 atom stereocenters. The first-order valence-electron chi connectivity index (χ1n) is 5.77. The van der Waals surface area contributed by atoms with Crippen molar-refractivity contribution in [1.82, 2.24) is 0 Å². The van der Waals surface area contributed by atoms with Crippen LogP contribution in [0.25, 0.3) is 0 Å². The monoisotopic (exact) mass is 267 g/mol. The van der Waals surface area contributed by atoms with E-state index < -0.39 is 17.0 Å². The number of benzene rings is 1. The van der Waals surface area contributed by atoms with Crippen molar-refractivity contribution >= 4 is 11.7 Å². The molecule has 0 aromatic heterocycles. The molecule has 7 heteroatoms. The molecule has 1 unspecified atom stereocenters. The molecule has 1 aliphatic rings. The van der Waals surface area contributed by atoms with Crippen LogP contribution in [0, 0.1) is 10.1 Å². The van der Waals surface area contributed by atoms with Gasteiger partial charge in [0.1, 0.15) is 6.61 Å². The van der Waals surface area contributed by atoms with Gasteiger partial charge in [-0.25, -0.2) is 4.79 Å². The number of carbonyl (C=O) groups excluding carboxylic acids is 1. The first-order chi connectivity index (χ1) is 9.06. The molecule has 0 amide bonds. The summed E-state index contributed by atoms with van der Waals surface area (Å²) in [6.07, 6.45) is -0.367. The first-order valence-corrected chi connectivity index (χ1v) is 5.77. The van der Waals surface area contributed by atoms with E-state index >= 15 is 0 Å². The van der Waals surface area contributed by atoms with Crippen LogP contribution in [0.1, 0.15) is 16.8 Å². The Hall–Kier alpha value is -1.99. The molecule has 1 N–H and O–H groups in total. The molecule has 19 heavy (non-hydrogen) atoms. The van der Waals surface area contributed by atoms with Crippen molar-refractivity contribution in [2.24, 2.45) is 0 Å². The van der Waals surface area contributed by atoms with Crippen LogP contribution in [0.2, 0.25) is 0 Å². The number of nitrogens with zero attached hydrogens (tertiary/aromatic N) is 1. The predicted molar refractivity (Wildman–Crippen MR) is 63.7 cm³/mol. The Morgan fingerprint density at radius 3 is 2.68 bits per heavy atom. The number of hydrogen-bond donors (Lipinski definition) is 1. The van der Waals surface area contributed by atoms with E-state index in [9.17, 15) is 20.0 Å². The lowest BCUT2D eigenvalue weighted by atomic mass is 10.2. The summed E-state index contributed by atoms with van der Waals surface area (Å²) < 4.78 is 10.2. The third-order valence-corrected chi connectivity index (χ3v) is 2.77. The van der Waals surface area contributed by atoms with E-state index in [0.717, 1.165) is 0 Å². The van der Waals surface area contributed by atoms with Crippen LogP contribution < -0.4 is 0 Å². The van der Waals surface area contributed by atoms with Crippen LogP contribution >= 0.6 is 0 Å². The number of aliphatic hydroxyl groups is 1. The Bertz CT molecular complexity index is 472. The SMILES string of the molecule is O=C(OCC1C[C@H](O)CO1)c1ccc([N+](=O)[O-])cc1. The van der Waals surface area contributed by atoms with Crippen molar-refractivity contribution in [1.29, 1.82) is 0 Å². The van der Waals surface area contributed by atoms with Gasteiger partial charge in [0, 0.05) is 18.6 Å². The highest BCUT2D eigenvalue weighted by molar-refractivity contribution is 5.89. The number of hydrogen-bond acceptors (Lipinski definition) is 6. The largest absolute Gasteiger partial charge is 0.459 e. The summed E-state index contributed by atoms with van der Waals surface area (Å²) >= 11 is 0. The summed E-state index contributed by atoms with van der Waals surface area (Å²) in [7, 11) is 0. The molecular weight excluding hydrogens is 254 g/mol. The second-order valence-electron chi connectivity index (χ2n) is 4.25. The highest BCUT2D eigenvalue weighted by atomic mass is 16.6. The molecule has 0 spiro atoms. The summed E-state index contributed by atoms with van der Waals surface area (Å²) in [4.78, 5) is 21.6. The molecule has 7 nitrogen and oxygen atoms in total. The molecule has 0 saturated carbocycles. The van der Waals surface area contributed by atoms with E-state index in [2.05, 4.69) is 0 Å². The molecule has 1 aromatic rings. The smallest absolute Gasteiger partial charge is 0.338 e. The Morgan fingerprint density at radius 2 is 2.16 bits per heavy atom. The highest BCUT2D eigenvalue weighted by Gasteiger charge is 2.25. The number of carbonyl (C=O) groups is 1. The Balaban J connectivity index is 1.87. The average molecular weight is 267 g/mol. The van der Waals surface area contributed by atoms with Crippen LogP contribution in [0.5, 0.6) is 0 Å². The summed E-state index contributed by atoms with van der Waals surface area (Å²) in [6.45, 7) is 0.312. The van der Waals surface area contributed by atoms with E-state index in [1.54, 1.807) is 0 Å². The minimum absolute atomic E-state index is 0.0624. The normalized spacial score (nSPS) is 22.2. The standard InChI is InChI=1S/C12H13NO6/c14-10-5-11(18-6-10)7-19-12(15)8-1-3-9(4-2-8)13(16)17/h1-4,10-11,14H,5-7H2/t10-,11?/m0/s1. The number of esters is 1. The van der Waals surface area contributed by atoms with Crippen molar-refractivity contribution < 1.29 is 24.3 Å². The molecule has 1 saturated heterocycles. The molecule has 1 aliphatic heterocycles. The van der Waals surface area contributed by atoms with Gasteiger partial charge in [0.05, 0.1) is 29.3 Å². The van der Waals surface area contributed by atoms with Crippen molar-refractivity contribution in [3.05, 3.63) is 39.9 Å². The predicted octanol–water partition coefficient (Wildman–Crippen LogP) is 0.901. The zero-order chi connectivity index (χ0) is 13.8. The number of nitro benzene ring substituents is 1. The minimum Gasteiger partial charge on any atom is -0.459 e. The minimum atomic E-state index is -0.570. The van der Waals surface area contributed by atoms with Crippen molar-refractivity contribution in [2.75, 3.05) is 13.2 Å². The van der Waals surface area contributed by atoms with Gasteiger partial charge in [-0.3, -0.25) is 10.1 Å². The maximum atomic E-state index is 11.7. The molecule has 102 valence electrons. The van der Waals surface area contributed by atoms with E-state index in [0.29, 0.717) is 6.42 Å². The number of rotatable bonds is 4.